The Morgan fingerprint density at radius 2 is 1.64 bits per heavy atom. The minimum Gasteiger partial charge on any atom is -0.408 e. The SMILES string of the molecule is O=POc1ccccc1.[N].[N]. The maximum atomic E-state index is 9.85. The molecule has 0 N–H and O–H groups in total. The molecule has 0 fully saturated rings. The highest BCUT2D eigenvalue weighted by atomic mass is 31.1. The molecular weight excluding hydrogens is 163 g/mol. The third kappa shape index (κ3) is 4.44. The average Bonchev–Trinajstić information content (AvgIpc) is 1.91. The zero-order valence-corrected chi connectivity index (χ0v) is 6.44. The Morgan fingerprint density at radius 3 is 2.09 bits per heavy atom. The molecule has 0 atom stereocenters. The van der Waals surface area contributed by atoms with Crippen LogP contribution in [0.15, 0.2) is 30.3 Å². The molecule has 0 aromatic heterocycles. The molecular formula is C6H5N2O2P. The fourth-order valence-electron chi connectivity index (χ4n) is 0.524. The fourth-order valence-corrected chi connectivity index (χ4v) is 0.732. The maximum absolute atomic E-state index is 9.85. The van der Waals surface area contributed by atoms with Gasteiger partial charge in [-0.25, -0.2) is 4.57 Å². The van der Waals surface area contributed by atoms with E-state index in [9.17, 15) is 4.57 Å². The zero-order valence-electron chi connectivity index (χ0n) is 5.54. The van der Waals surface area contributed by atoms with E-state index in [1.54, 1.807) is 12.1 Å². The third-order valence-electron chi connectivity index (χ3n) is 0.886. The van der Waals surface area contributed by atoms with Gasteiger partial charge in [0.15, 0.2) is 0 Å². The average molecular weight is 168 g/mol. The van der Waals surface area contributed by atoms with Crippen LogP contribution in [0.5, 0.6) is 5.75 Å². The standard InChI is InChI=1S/C6H5O2P.2N/c7-9-8-6-4-2-1-3-5-6;;/h1-5H;;. The minimum absolute atomic E-state index is 0. The molecule has 4 nitrogen and oxygen atoms in total. The molecule has 11 heavy (non-hydrogen) atoms. The van der Waals surface area contributed by atoms with E-state index in [0.717, 1.165) is 0 Å². The number of para-hydroxylation sites is 1. The van der Waals surface area contributed by atoms with Crippen molar-refractivity contribution in [3.05, 3.63) is 30.3 Å². The molecule has 0 heterocycles. The number of rotatable bonds is 2. The Kier molecular flexibility index (Phi) is 8.25. The van der Waals surface area contributed by atoms with Gasteiger partial charge in [-0.15, -0.1) is 0 Å². The monoisotopic (exact) mass is 168 g/mol. The summed E-state index contributed by atoms with van der Waals surface area (Å²) < 4.78 is 14.5. The number of benzene rings is 1. The Morgan fingerprint density at radius 1 is 1.09 bits per heavy atom. The molecule has 0 unspecified atom stereocenters. The molecule has 0 saturated carbocycles. The van der Waals surface area contributed by atoms with Gasteiger partial charge in [0.25, 0.3) is 0 Å². The molecule has 6 radical (unpaired) electrons. The van der Waals surface area contributed by atoms with Crippen LogP contribution in [-0.2, 0) is 4.57 Å². The van der Waals surface area contributed by atoms with E-state index < -0.39 is 0 Å². The Balaban J connectivity index is 0. The molecule has 0 aliphatic carbocycles. The van der Waals surface area contributed by atoms with E-state index in [1.807, 2.05) is 18.2 Å². The van der Waals surface area contributed by atoms with E-state index in [2.05, 4.69) is 4.52 Å². The van der Waals surface area contributed by atoms with Crippen LogP contribution < -0.4 is 16.8 Å². The first kappa shape index (κ1) is 12.7. The van der Waals surface area contributed by atoms with Gasteiger partial charge < -0.3 is 4.52 Å². The van der Waals surface area contributed by atoms with Crippen LogP contribution in [-0.4, -0.2) is 0 Å². The summed E-state index contributed by atoms with van der Waals surface area (Å²) in [7, 11) is -0.305. The van der Waals surface area contributed by atoms with Crippen molar-refractivity contribution < 1.29 is 9.09 Å². The summed E-state index contributed by atoms with van der Waals surface area (Å²) in [6.07, 6.45) is 0. The van der Waals surface area contributed by atoms with Gasteiger partial charge in [-0.2, -0.15) is 0 Å². The lowest BCUT2D eigenvalue weighted by molar-refractivity contribution is 0.525. The molecule has 0 aliphatic heterocycles. The molecule has 1 rings (SSSR count). The molecule has 0 saturated heterocycles. The molecule has 56 valence electrons. The van der Waals surface area contributed by atoms with Crippen molar-refractivity contribution in [2.24, 2.45) is 0 Å². The first-order chi connectivity index (χ1) is 4.43. The highest BCUT2D eigenvalue weighted by molar-refractivity contribution is 7.17. The van der Waals surface area contributed by atoms with Gasteiger partial charge in [-0.1, -0.05) is 18.2 Å². The molecule has 5 heteroatoms. The summed E-state index contributed by atoms with van der Waals surface area (Å²) in [5, 5.41) is 0. The highest BCUT2D eigenvalue weighted by Gasteiger charge is 1.85. The number of nitrogens with zero attached hydrogens (tertiary/aromatic N) is 2. The predicted molar refractivity (Wildman–Crippen MR) is 38.9 cm³/mol. The summed E-state index contributed by atoms with van der Waals surface area (Å²) in [5.41, 5.74) is 0. The molecule has 1 aromatic carbocycles. The normalized spacial score (nSPS) is 7.64. The molecule has 0 spiro atoms. The summed E-state index contributed by atoms with van der Waals surface area (Å²) in [4.78, 5) is 0. The lowest BCUT2D eigenvalue weighted by Crippen LogP contribution is -1.70. The van der Waals surface area contributed by atoms with Crippen LogP contribution in [0.25, 0.3) is 0 Å². The summed E-state index contributed by atoms with van der Waals surface area (Å²) >= 11 is 0. The lowest BCUT2D eigenvalue weighted by atomic mass is 10.3. The van der Waals surface area contributed by atoms with Gasteiger partial charge in [0, 0.05) is 12.3 Å². The summed E-state index contributed by atoms with van der Waals surface area (Å²) in [6, 6.07) is 8.99. The maximum Gasteiger partial charge on any atom is 0.395 e. The van der Waals surface area contributed by atoms with E-state index in [1.165, 1.54) is 0 Å². The van der Waals surface area contributed by atoms with Crippen LogP contribution in [0.4, 0.5) is 0 Å². The van der Waals surface area contributed by atoms with Gasteiger partial charge in [0.05, 0.1) is 0 Å². The Bertz CT molecular complexity index is 193. The quantitative estimate of drug-likeness (QED) is 0.623. The summed E-state index contributed by atoms with van der Waals surface area (Å²) in [5.74, 6) is 0.620. The number of hydrogen-bond donors (Lipinski definition) is 0. The van der Waals surface area contributed by atoms with Crippen molar-refractivity contribution in [1.82, 2.24) is 12.3 Å². The fraction of sp³-hybridized carbons (Fsp3) is 0. The van der Waals surface area contributed by atoms with Crippen molar-refractivity contribution in [3.8, 4) is 5.75 Å². The van der Waals surface area contributed by atoms with Crippen LogP contribution in [0.2, 0.25) is 0 Å². The van der Waals surface area contributed by atoms with E-state index in [4.69, 9.17) is 0 Å². The van der Waals surface area contributed by atoms with Crippen LogP contribution >= 0.6 is 8.69 Å². The van der Waals surface area contributed by atoms with Gasteiger partial charge in [-0.05, 0) is 12.1 Å². The van der Waals surface area contributed by atoms with Crippen LogP contribution in [0, 0.1) is 0 Å². The molecule has 0 amide bonds. The molecule has 0 aliphatic rings. The van der Waals surface area contributed by atoms with Gasteiger partial charge >= 0.3 is 8.69 Å². The second-order valence-corrected chi connectivity index (χ2v) is 1.81. The zero-order chi connectivity index (χ0) is 6.53. The smallest absolute Gasteiger partial charge is 0.395 e. The summed E-state index contributed by atoms with van der Waals surface area (Å²) in [6.45, 7) is 0. The molecule has 0 bridgehead atoms. The van der Waals surface area contributed by atoms with E-state index in [-0.39, 0.29) is 21.0 Å². The van der Waals surface area contributed by atoms with Crippen molar-refractivity contribution in [2.75, 3.05) is 0 Å². The predicted octanol–water partition coefficient (Wildman–Crippen LogP) is 1.31. The van der Waals surface area contributed by atoms with Crippen molar-refractivity contribution >= 4 is 8.69 Å². The second kappa shape index (κ2) is 7.15. The van der Waals surface area contributed by atoms with E-state index in [0.29, 0.717) is 5.75 Å². The van der Waals surface area contributed by atoms with Gasteiger partial charge in [-0.3, -0.25) is 0 Å². The Labute approximate surface area is 67.0 Å². The first-order valence-corrected chi connectivity index (χ1v) is 3.21. The minimum atomic E-state index is -0.305. The second-order valence-electron chi connectivity index (χ2n) is 1.48. The number of hydrogen-bond acceptors (Lipinski definition) is 2. The van der Waals surface area contributed by atoms with Crippen molar-refractivity contribution in [3.63, 3.8) is 0 Å². The topological polar surface area (TPSA) is 87.3 Å². The van der Waals surface area contributed by atoms with Gasteiger partial charge in [0.2, 0.25) is 0 Å². The first-order valence-electron chi connectivity index (χ1n) is 2.48. The lowest BCUT2D eigenvalue weighted by Gasteiger charge is -1.90. The van der Waals surface area contributed by atoms with E-state index >= 15 is 0 Å². The largest absolute Gasteiger partial charge is 0.408 e. The van der Waals surface area contributed by atoms with Crippen LogP contribution in [0.1, 0.15) is 0 Å². The van der Waals surface area contributed by atoms with Crippen molar-refractivity contribution in [1.29, 1.82) is 0 Å². The van der Waals surface area contributed by atoms with Gasteiger partial charge in [0.1, 0.15) is 5.75 Å². The highest BCUT2D eigenvalue weighted by Crippen LogP contribution is 2.12. The molecule has 1 aromatic rings. The van der Waals surface area contributed by atoms with Crippen LogP contribution in [0.3, 0.4) is 0 Å². The van der Waals surface area contributed by atoms with Crippen molar-refractivity contribution in [2.45, 2.75) is 0 Å². The Hall–Kier alpha value is -0.960. The third-order valence-corrected chi connectivity index (χ3v) is 1.17.